The van der Waals surface area contributed by atoms with Crippen molar-refractivity contribution < 1.29 is 0 Å². The minimum atomic E-state index is 0.587. The van der Waals surface area contributed by atoms with E-state index < -0.39 is 0 Å². The summed E-state index contributed by atoms with van der Waals surface area (Å²) in [6.45, 7) is 3.59. The summed E-state index contributed by atoms with van der Waals surface area (Å²) in [6, 6.07) is 15.5. The molecule has 4 heteroatoms. The number of nitrogens with zero attached hydrogens (tertiary/aromatic N) is 1. The van der Waals surface area contributed by atoms with Gasteiger partial charge in [-0.3, -0.25) is 0 Å². The van der Waals surface area contributed by atoms with Gasteiger partial charge in [-0.2, -0.15) is 0 Å². The van der Waals surface area contributed by atoms with Gasteiger partial charge in [-0.05, 0) is 86.5 Å². The molecule has 1 atom stereocenters. The normalized spacial score (nSPS) is 21.2. The zero-order chi connectivity index (χ0) is 17.9. The maximum atomic E-state index is 6.17. The molecule has 0 aromatic heterocycles. The van der Waals surface area contributed by atoms with Gasteiger partial charge in [0.1, 0.15) is 0 Å². The molecule has 2 heterocycles. The maximum absolute atomic E-state index is 6.17. The Bertz CT molecular complexity index is 756. The molecule has 2 aliphatic rings. The fourth-order valence-electron chi connectivity index (χ4n) is 4.33. The van der Waals surface area contributed by atoms with Crippen LogP contribution in [0.1, 0.15) is 30.4 Å². The average Bonchev–Trinajstić information content (AvgIpc) is 2.66. The number of hydrogen-bond donors (Lipinski definition) is 1. The summed E-state index contributed by atoms with van der Waals surface area (Å²) in [7, 11) is 0. The number of para-hydroxylation sites is 1. The minimum Gasteiger partial charge on any atom is -0.381 e. The van der Waals surface area contributed by atoms with Crippen LogP contribution >= 0.6 is 27.5 Å². The summed E-state index contributed by atoms with van der Waals surface area (Å²) in [4.78, 5) is 2.65. The number of anilines is 1. The van der Waals surface area contributed by atoms with E-state index in [2.05, 4.69) is 62.5 Å². The Morgan fingerprint density at radius 2 is 1.88 bits per heavy atom. The molecule has 0 spiro atoms. The van der Waals surface area contributed by atoms with Crippen LogP contribution in [0.25, 0.3) is 0 Å². The number of rotatable bonds is 4. The third-order valence-corrected chi connectivity index (χ3v) is 6.85. The van der Waals surface area contributed by atoms with Crippen molar-refractivity contribution in [2.45, 2.75) is 38.1 Å². The van der Waals surface area contributed by atoms with Crippen LogP contribution < -0.4 is 5.32 Å². The number of fused-ring (bicyclic) bond motifs is 1. The molecule has 2 aliphatic heterocycles. The van der Waals surface area contributed by atoms with Gasteiger partial charge in [0.05, 0.1) is 0 Å². The van der Waals surface area contributed by atoms with E-state index in [0.717, 1.165) is 17.4 Å². The number of hydrogen-bond acceptors (Lipinski definition) is 2. The van der Waals surface area contributed by atoms with Crippen molar-refractivity contribution >= 4 is 33.2 Å². The summed E-state index contributed by atoms with van der Waals surface area (Å²) in [6.07, 6.45) is 6.13. The van der Waals surface area contributed by atoms with Crippen LogP contribution in [0.5, 0.6) is 0 Å². The number of benzene rings is 2. The summed E-state index contributed by atoms with van der Waals surface area (Å²) in [5.74, 6) is 0.765. The summed E-state index contributed by atoms with van der Waals surface area (Å²) in [5, 5.41) is 4.58. The van der Waals surface area contributed by atoms with Crippen LogP contribution in [0.4, 0.5) is 5.69 Å². The fourth-order valence-corrected chi connectivity index (χ4v) is 4.94. The van der Waals surface area contributed by atoms with Gasteiger partial charge >= 0.3 is 0 Å². The molecule has 2 aromatic rings. The number of nitrogens with one attached hydrogen (secondary N) is 1. The van der Waals surface area contributed by atoms with Gasteiger partial charge in [0.25, 0.3) is 0 Å². The Hall–Kier alpha value is -1.03. The predicted molar refractivity (Wildman–Crippen MR) is 114 cm³/mol. The summed E-state index contributed by atoms with van der Waals surface area (Å²) < 4.78 is 1.19. The largest absolute Gasteiger partial charge is 0.381 e. The van der Waals surface area contributed by atoms with E-state index in [9.17, 15) is 0 Å². The second-order valence-electron chi connectivity index (χ2n) is 7.72. The molecule has 26 heavy (non-hydrogen) atoms. The molecule has 1 fully saturated rings. The number of aryl methyl sites for hydroxylation is 1. The second-order valence-corrected chi connectivity index (χ2v) is 9.01. The van der Waals surface area contributed by atoms with Crippen LogP contribution in [0, 0.1) is 5.92 Å². The van der Waals surface area contributed by atoms with Crippen LogP contribution in [0.3, 0.4) is 0 Å². The van der Waals surface area contributed by atoms with Crippen LogP contribution in [-0.2, 0) is 12.8 Å². The van der Waals surface area contributed by atoms with Gasteiger partial charge < -0.3 is 10.2 Å². The molecule has 0 aliphatic carbocycles. The highest BCUT2D eigenvalue weighted by atomic mass is 79.9. The lowest BCUT2D eigenvalue weighted by Gasteiger charge is -2.36. The molecular weight excluding hydrogens is 408 g/mol. The van der Waals surface area contributed by atoms with Crippen molar-refractivity contribution in [1.29, 1.82) is 0 Å². The van der Waals surface area contributed by atoms with Gasteiger partial charge in [0.15, 0.2) is 0 Å². The Morgan fingerprint density at radius 3 is 2.73 bits per heavy atom. The standard InChI is InChI=1S/C22H26BrClN2/c23-21-8-6-19(24)14-18(21)13-16-9-11-26(12-10-16)15-20-7-5-17-3-1-2-4-22(17)25-20/h1-4,6,8,14,16,20,25H,5,7,9-13,15H2. The van der Waals surface area contributed by atoms with Gasteiger partial charge in [-0.1, -0.05) is 45.7 Å². The summed E-state index contributed by atoms with van der Waals surface area (Å²) >= 11 is 9.84. The first-order valence-corrected chi connectivity index (χ1v) is 10.9. The van der Waals surface area contributed by atoms with Crippen molar-refractivity contribution in [1.82, 2.24) is 4.90 Å². The Labute approximate surface area is 170 Å². The smallest absolute Gasteiger partial charge is 0.0409 e. The lowest BCUT2D eigenvalue weighted by Crippen LogP contribution is -2.43. The molecule has 4 rings (SSSR count). The van der Waals surface area contributed by atoms with E-state index in [1.807, 2.05) is 6.07 Å². The first kappa shape index (κ1) is 18.3. The van der Waals surface area contributed by atoms with E-state index in [1.165, 1.54) is 66.6 Å². The lowest BCUT2D eigenvalue weighted by molar-refractivity contribution is 0.175. The third-order valence-electron chi connectivity index (χ3n) is 5.84. The van der Waals surface area contributed by atoms with Crippen molar-refractivity contribution in [2.75, 3.05) is 25.0 Å². The molecular formula is C22H26BrClN2. The van der Waals surface area contributed by atoms with Crippen molar-refractivity contribution in [3.8, 4) is 0 Å². The Kier molecular flexibility index (Phi) is 5.87. The van der Waals surface area contributed by atoms with Gasteiger partial charge in [0, 0.05) is 27.8 Å². The molecule has 1 N–H and O–H groups in total. The number of likely N-dealkylation sites (tertiary alicyclic amines) is 1. The van der Waals surface area contributed by atoms with Crippen LogP contribution in [0.15, 0.2) is 46.9 Å². The molecule has 2 nitrogen and oxygen atoms in total. The monoisotopic (exact) mass is 432 g/mol. The van der Waals surface area contributed by atoms with Crippen molar-refractivity contribution in [3.05, 3.63) is 63.1 Å². The quantitative estimate of drug-likeness (QED) is 0.657. The lowest BCUT2D eigenvalue weighted by atomic mass is 9.89. The zero-order valence-electron chi connectivity index (χ0n) is 15.1. The highest BCUT2D eigenvalue weighted by molar-refractivity contribution is 9.10. The van der Waals surface area contributed by atoms with E-state index in [0.29, 0.717) is 6.04 Å². The van der Waals surface area contributed by atoms with Crippen LogP contribution in [-0.4, -0.2) is 30.6 Å². The first-order valence-electron chi connectivity index (χ1n) is 9.68. The van der Waals surface area contributed by atoms with E-state index in [4.69, 9.17) is 11.6 Å². The highest BCUT2D eigenvalue weighted by Crippen LogP contribution is 2.29. The molecule has 138 valence electrons. The van der Waals surface area contributed by atoms with E-state index in [1.54, 1.807) is 0 Å². The number of piperidine rings is 1. The third kappa shape index (κ3) is 4.44. The number of halogens is 2. The molecule has 0 bridgehead atoms. The van der Waals surface area contributed by atoms with E-state index in [-0.39, 0.29) is 0 Å². The summed E-state index contributed by atoms with van der Waals surface area (Å²) in [5.41, 5.74) is 4.15. The molecule has 0 saturated carbocycles. The average molecular weight is 434 g/mol. The van der Waals surface area contributed by atoms with Gasteiger partial charge in [-0.15, -0.1) is 0 Å². The topological polar surface area (TPSA) is 15.3 Å². The van der Waals surface area contributed by atoms with E-state index >= 15 is 0 Å². The first-order chi connectivity index (χ1) is 12.7. The molecule has 0 radical (unpaired) electrons. The van der Waals surface area contributed by atoms with Gasteiger partial charge in [0.2, 0.25) is 0 Å². The van der Waals surface area contributed by atoms with Crippen LogP contribution in [0.2, 0.25) is 5.02 Å². The maximum Gasteiger partial charge on any atom is 0.0409 e. The zero-order valence-corrected chi connectivity index (χ0v) is 17.4. The SMILES string of the molecule is Clc1ccc(Br)c(CC2CCN(CC3CCc4ccccc4N3)CC2)c1. The molecule has 2 aromatic carbocycles. The molecule has 1 saturated heterocycles. The molecule has 1 unspecified atom stereocenters. The van der Waals surface area contributed by atoms with Crippen molar-refractivity contribution in [2.24, 2.45) is 5.92 Å². The highest BCUT2D eigenvalue weighted by Gasteiger charge is 2.24. The molecule has 0 amide bonds. The Morgan fingerprint density at radius 1 is 1.08 bits per heavy atom. The second kappa shape index (κ2) is 8.33. The predicted octanol–water partition coefficient (Wildman–Crippen LogP) is 5.78. The fraction of sp³-hybridized carbons (Fsp3) is 0.455. The van der Waals surface area contributed by atoms with Crippen molar-refractivity contribution in [3.63, 3.8) is 0 Å². The minimum absolute atomic E-state index is 0.587. The van der Waals surface area contributed by atoms with Gasteiger partial charge in [-0.25, -0.2) is 0 Å². The Balaban J connectivity index is 1.27.